The van der Waals surface area contributed by atoms with Gasteiger partial charge in [0.25, 0.3) is 0 Å². The summed E-state index contributed by atoms with van der Waals surface area (Å²) in [6, 6.07) is 5.34. The molecule has 1 atom stereocenters. The summed E-state index contributed by atoms with van der Waals surface area (Å²) in [6.07, 6.45) is 1.29. The van der Waals surface area contributed by atoms with E-state index in [1.54, 1.807) is 18.7 Å². The minimum atomic E-state index is -3.81. The Balaban J connectivity index is 2.24. The van der Waals surface area contributed by atoms with Crippen molar-refractivity contribution in [2.45, 2.75) is 50.3 Å². The second-order valence-electron chi connectivity index (χ2n) is 7.27. The average Bonchev–Trinajstić information content (AvgIpc) is 2.75. The molecule has 2 rings (SSSR count). The Bertz CT molecular complexity index is 922. The van der Waals surface area contributed by atoms with Crippen LogP contribution < -0.4 is 0 Å². The highest BCUT2D eigenvalue weighted by Crippen LogP contribution is 2.26. The maximum atomic E-state index is 13.1. The minimum absolute atomic E-state index is 0.0134. The molecule has 0 unspecified atom stereocenters. The lowest BCUT2D eigenvalue weighted by molar-refractivity contribution is -0.136. The van der Waals surface area contributed by atoms with Crippen LogP contribution in [0.3, 0.4) is 0 Å². The molecule has 0 radical (unpaired) electrons. The lowest BCUT2D eigenvalue weighted by Gasteiger charge is -2.33. The van der Waals surface area contributed by atoms with Crippen LogP contribution in [0.2, 0.25) is 0 Å². The van der Waals surface area contributed by atoms with E-state index in [0.29, 0.717) is 45.6 Å². The van der Waals surface area contributed by atoms with Gasteiger partial charge in [-0.05, 0) is 51.0 Å². The third-order valence-corrected chi connectivity index (χ3v) is 9.56. The van der Waals surface area contributed by atoms with Crippen LogP contribution >= 0.6 is 0 Å². The Labute approximate surface area is 180 Å². The summed E-state index contributed by atoms with van der Waals surface area (Å²) in [6.45, 7) is 9.71. The van der Waals surface area contributed by atoms with E-state index in [9.17, 15) is 21.6 Å². The maximum Gasteiger partial charge on any atom is 0.243 e. The van der Waals surface area contributed by atoms with E-state index < -0.39 is 20.0 Å². The average molecular weight is 460 g/mol. The standard InChI is InChI=1S/C20H33N3O5S2/c1-5-21(6-2)20(24)17-10-9-15-23(16-17)30(27,28)19-13-11-18(12-14-19)29(25,26)22(7-3)8-4/h11-14,17H,5-10,15-16H2,1-4H3/t17-/m1/s1. The van der Waals surface area contributed by atoms with Gasteiger partial charge < -0.3 is 4.90 Å². The van der Waals surface area contributed by atoms with E-state index in [2.05, 4.69) is 0 Å². The van der Waals surface area contributed by atoms with Crippen molar-refractivity contribution in [1.82, 2.24) is 13.5 Å². The lowest BCUT2D eigenvalue weighted by atomic mass is 9.98. The summed E-state index contributed by atoms with van der Waals surface area (Å²) >= 11 is 0. The second kappa shape index (κ2) is 10.2. The molecule has 1 aromatic carbocycles. The maximum absolute atomic E-state index is 13.1. The number of sulfonamides is 2. The van der Waals surface area contributed by atoms with Crippen LogP contribution in [0.25, 0.3) is 0 Å². The van der Waals surface area contributed by atoms with Crippen LogP contribution in [0.4, 0.5) is 0 Å². The smallest absolute Gasteiger partial charge is 0.243 e. The fraction of sp³-hybridized carbons (Fsp3) is 0.650. The summed E-state index contributed by atoms with van der Waals surface area (Å²) in [4.78, 5) is 14.5. The van der Waals surface area contributed by atoms with Gasteiger partial charge in [-0.1, -0.05) is 13.8 Å². The van der Waals surface area contributed by atoms with E-state index in [1.807, 2.05) is 13.8 Å². The van der Waals surface area contributed by atoms with Crippen molar-refractivity contribution >= 4 is 26.0 Å². The molecule has 30 heavy (non-hydrogen) atoms. The predicted octanol–water partition coefficient (Wildman–Crippen LogP) is 1.99. The highest BCUT2D eigenvalue weighted by atomic mass is 32.2. The van der Waals surface area contributed by atoms with E-state index >= 15 is 0 Å². The van der Waals surface area contributed by atoms with Gasteiger partial charge in [-0.2, -0.15) is 8.61 Å². The minimum Gasteiger partial charge on any atom is -0.343 e. The number of benzene rings is 1. The van der Waals surface area contributed by atoms with Gasteiger partial charge in [-0.15, -0.1) is 0 Å². The monoisotopic (exact) mass is 459 g/mol. The Hall–Kier alpha value is -1.49. The number of carbonyl (C=O) groups is 1. The van der Waals surface area contributed by atoms with Gasteiger partial charge in [0, 0.05) is 39.3 Å². The number of hydrogen-bond donors (Lipinski definition) is 0. The molecule has 170 valence electrons. The van der Waals surface area contributed by atoms with Crippen LogP contribution in [-0.2, 0) is 24.8 Å². The molecular formula is C20H33N3O5S2. The molecule has 0 aliphatic carbocycles. The van der Waals surface area contributed by atoms with Crippen molar-refractivity contribution in [3.8, 4) is 0 Å². The van der Waals surface area contributed by atoms with Gasteiger partial charge in [0.2, 0.25) is 26.0 Å². The van der Waals surface area contributed by atoms with Crippen molar-refractivity contribution < 1.29 is 21.6 Å². The first kappa shape index (κ1) is 24.8. The number of amides is 1. The van der Waals surface area contributed by atoms with Gasteiger partial charge in [0.05, 0.1) is 15.7 Å². The molecule has 0 aromatic heterocycles. The summed E-state index contributed by atoms with van der Waals surface area (Å²) in [5.41, 5.74) is 0. The third-order valence-electron chi connectivity index (χ3n) is 5.61. The summed E-state index contributed by atoms with van der Waals surface area (Å²) < 4.78 is 54.1. The zero-order valence-corrected chi connectivity index (χ0v) is 19.9. The summed E-state index contributed by atoms with van der Waals surface area (Å²) in [7, 11) is -7.46. The first-order chi connectivity index (χ1) is 14.1. The van der Waals surface area contributed by atoms with Crippen LogP contribution in [0.1, 0.15) is 40.5 Å². The number of hydrogen-bond acceptors (Lipinski definition) is 5. The van der Waals surface area contributed by atoms with Crippen LogP contribution in [-0.4, -0.2) is 75.5 Å². The van der Waals surface area contributed by atoms with E-state index in [-0.39, 0.29) is 28.2 Å². The molecule has 1 aliphatic heterocycles. The zero-order valence-electron chi connectivity index (χ0n) is 18.2. The van der Waals surface area contributed by atoms with Gasteiger partial charge in [-0.25, -0.2) is 16.8 Å². The first-order valence-electron chi connectivity index (χ1n) is 10.5. The molecule has 0 bridgehead atoms. The molecule has 1 saturated heterocycles. The third kappa shape index (κ3) is 5.04. The largest absolute Gasteiger partial charge is 0.343 e. The number of rotatable bonds is 9. The number of nitrogens with zero attached hydrogens (tertiary/aromatic N) is 3. The fourth-order valence-electron chi connectivity index (χ4n) is 3.80. The number of carbonyl (C=O) groups excluding carboxylic acids is 1. The SMILES string of the molecule is CCN(CC)C(=O)[C@@H]1CCCN(S(=O)(=O)c2ccc(S(=O)(=O)N(CC)CC)cc2)C1. The molecule has 0 N–H and O–H groups in total. The molecular weight excluding hydrogens is 426 g/mol. The first-order valence-corrected chi connectivity index (χ1v) is 13.4. The van der Waals surface area contributed by atoms with Crippen LogP contribution in [0.5, 0.6) is 0 Å². The molecule has 1 heterocycles. The van der Waals surface area contributed by atoms with E-state index in [0.717, 1.165) is 0 Å². The van der Waals surface area contributed by atoms with Gasteiger partial charge in [0.15, 0.2) is 0 Å². The van der Waals surface area contributed by atoms with Crippen LogP contribution in [0.15, 0.2) is 34.1 Å². The van der Waals surface area contributed by atoms with Gasteiger partial charge in [0.1, 0.15) is 0 Å². The van der Waals surface area contributed by atoms with Crippen molar-refractivity contribution in [2.24, 2.45) is 5.92 Å². The molecule has 0 saturated carbocycles. The highest BCUT2D eigenvalue weighted by Gasteiger charge is 2.34. The zero-order chi connectivity index (χ0) is 22.5. The van der Waals surface area contributed by atoms with Crippen LogP contribution in [0, 0.1) is 5.92 Å². The predicted molar refractivity (Wildman–Crippen MR) is 116 cm³/mol. The quantitative estimate of drug-likeness (QED) is 0.563. The summed E-state index contributed by atoms with van der Waals surface area (Å²) in [5.74, 6) is -0.365. The Morgan fingerprint density at radius 2 is 1.47 bits per heavy atom. The van der Waals surface area contributed by atoms with E-state index in [4.69, 9.17) is 0 Å². The van der Waals surface area contributed by atoms with Crippen molar-refractivity contribution in [2.75, 3.05) is 39.3 Å². The molecule has 10 heteroatoms. The summed E-state index contributed by atoms with van der Waals surface area (Å²) in [5, 5.41) is 0. The molecule has 8 nitrogen and oxygen atoms in total. The van der Waals surface area contributed by atoms with E-state index in [1.165, 1.54) is 32.9 Å². The fourth-order valence-corrected chi connectivity index (χ4v) is 6.78. The molecule has 1 aromatic rings. The Morgan fingerprint density at radius 3 is 1.97 bits per heavy atom. The molecule has 1 aliphatic rings. The van der Waals surface area contributed by atoms with Crippen molar-refractivity contribution in [3.05, 3.63) is 24.3 Å². The normalized spacial score (nSPS) is 18.5. The Kier molecular flexibility index (Phi) is 8.43. The van der Waals surface area contributed by atoms with Gasteiger partial charge in [-0.3, -0.25) is 4.79 Å². The molecule has 0 spiro atoms. The molecule has 1 fully saturated rings. The lowest BCUT2D eigenvalue weighted by Crippen LogP contribution is -2.46. The Morgan fingerprint density at radius 1 is 0.933 bits per heavy atom. The van der Waals surface area contributed by atoms with Crippen molar-refractivity contribution in [3.63, 3.8) is 0 Å². The molecule has 1 amide bonds. The van der Waals surface area contributed by atoms with Gasteiger partial charge >= 0.3 is 0 Å². The highest BCUT2D eigenvalue weighted by molar-refractivity contribution is 7.89. The number of piperidine rings is 1. The topological polar surface area (TPSA) is 95.1 Å². The van der Waals surface area contributed by atoms with Crippen molar-refractivity contribution in [1.29, 1.82) is 0 Å². The second-order valence-corrected chi connectivity index (χ2v) is 11.1.